The second-order valence-corrected chi connectivity index (χ2v) is 5.14. The van der Waals surface area contributed by atoms with Gasteiger partial charge < -0.3 is 15.8 Å². The first-order valence-electron chi connectivity index (χ1n) is 6.36. The van der Waals surface area contributed by atoms with E-state index in [1.165, 1.54) is 24.3 Å². The molecule has 0 aromatic heterocycles. The first-order chi connectivity index (χ1) is 9.28. The van der Waals surface area contributed by atoms with Crippen molar-refractivity contribution >= 4 is 18.3 Å². The van der Waals surface area contributed by atoms with Gasteiger partial charge >= 0.3 is 6.61 Å². The Labute approximate surface area is 129 Å². The Balaban J connectivity index is 0.00000400. The highest BCUT2D eigenvalue weighted by atomic mass is 35.5. The van der Waals surface area contributed by atoms with Crippen molar-refractivity contribution in [1.82, 2.24) is 5.32 Å². The molecule has 1 aromatic carbocycles. The number of amides is 1. The Morgan fingerprint density at radius 1 is 1.43 bits per heavy atom. The summed E-state index contributed by atoms with van der Waals surface area (Å²) in [4.78, 5) is 12.2. The topological polar surface area (TPSA) is 64.3 Å². The molecule has 0 aliphatic carbocycles. The monoisotopic (exact) mass is 322 g/mol. The number of alkyl halides is 2. The summed E-state index contributed by atoms with van der Waals surface area (Å²) >= 11 is 0. The van der Waals surface area contributed by atoms with Crippen LogP contribution in [0.2, 0.25) is 0 Å². The molecule has 0 saturated heterocycles. The predicted molar refractivity (Wildman–Crippen MR) is 80.1 cm³/mol. The summed E-state index contributed by atoms with van der Waals surface area (Å²) in [7, 11) is 0. The zero-order valence-electron chi connectivity index (χ0n) is 12.2. The Bertz CT molecular complexity index is 472. The molecule has 1 amide bonds. The fourth-order valence-electron chi connectivity index (χ4n) is 1.58. The Morgan fingerprint density at radius 2 is 2.05 bits per heavy atom. The van der Waals surface area contributed by atoms with Crippen molar-refractivity contribution in [1.29, 1.82) is 0 Å². The van der Waals surface area contributed by atoms with Gasteiger partial charge in [-0.3, -0.25) is 4.79 Å². The summed E-state index contributed by atoms with van der Waals surface area (Å²) in [6.07, 6.45) is 0. The minimum Gasteiger partial charge on any atom is -0.435 e. The van der Waals surface area contributed by atoms with Crippen LogP contribution < -0.4 is 15.8 Å². The van der Waals surface area contributed by atoms with Crippen molar-refractivity contribution in [2.24, 2.45) is 11.7 Å². The Kier molecular flexibility index (Phi) is 7.60. The molecule has 120 valence electrons. The lowest BCUT2D eigenvalue weighted by atomic mass is 9.88. The average molecular weight is 323 g/mol. The van der Waals surface area contributed by atoms with Gasteiger partial charge in [0.1, 0.15) is 5.75 Å². The molecule has 1 atom stereocenters. The number of ether oxygens (including phenoxy) is 1. The van der Waals surface area contributed by atoms with Gasteiger partial charge in [-0.05, 0) is 31.0 Å². The van der Waals surface area contributed by atoms with Gasteiger partial charge in [-0.1, -0.05) is 19.9 Å². The van der Waals surface area contributed by atoms with Crippen LogP contribution >= 0.6 is 12.4 Å². The molecule has 3 N–H and O–H groups in total. The van der Waals surface area contributed by atoms with Crippen molar-refractivity contribution in [2.45, 2.75) is 32.9 Å². The van der Waals surface area contributed by atoms with Gasteiger partial charge in [0.2, 0.25) is 0 Å². The van der Waals surface area contributed by atoms with Crippen molar-refractivity contribution in [3.8, 4) is 5.75 Å². The fourth-order valence-corrected chi connectivity index (χ4v) is 1.58. The lowest BCUT2D eigenvalue weighted by molar-refractivity contribution is -0.0498. The van der Waals surface area contributed by atoms with Crippen LogP contribution in [0.1, 0.15) is 31.1 Å². The van der Waals surface area contributed by atoms with Crippen LogP contribution in [0.15, 0.2) is 24.3 Å². The molecular weight excluding hydrogens is 302 g/mol. The van der Waals surface area contributed by atoms with Gasteiger partial charge in [-0.15, -0.1) is 12.4 Å². The highest BCUT2D eigenvalue weighted by molar-refractivity contribution is 5.95. The molecule has 1 rings (SSSR count). The van der Waals surface area contributed by atoms with E-state index in [1.807, 2.05) is 20.8 Å². The van der Waals surface area contributed by atoms with E-state index in [4.69, 9.17) is 5.73 Å². The highest BCUT2D eigenvalue weighted by Gasteiger charge is 2.29. The molecule has 0 heterocycles. The standard InChI is InChI=1S/C14H20F2N2O2.ClH/c1-9(2)14(3,8-17)18-12(19)10-5-4-6-11(7-10)20-13(15)16;/h4-7,9,13H,8,17H2,1-3H3,(H,18,19);1H. The third-order valence-corrected chi connectivity index (χ3v) is 3.42. The first kappa shape index (κ1) is 19.6. The predicted octanol–water partition coefficient (Wildman–Crippen LogP) is 2.81. The SMILES string of the molecule is CC(C)C(C)(CN)NC(=O)c1cccc(OC(F)F)c1.Cl. The molecule has 0 saturated carbocycles. The van der Waals surface area contributed by atoms with E-state index in [-0.39, 0.29) is 42.1 Å². The maximum absolute atomic E-state index is 12.2. The molecule has 7 heteroatoms. The zero-order valence-corrected chi connectivity index (χ0v) is 13.0. The molecule has 0 fully saturated rings. The third kappa shape index (κ3) is 5.47. The highest BCUT2D eigenvalue weighted by Crippen LogP contribution is 2.19. The van der Waals surface area contributed by atoms with Crippen LogP contribution in [-0.2, 0) is 0 Å². The quantitative estimate of drug-likeness (QED) is 0.846. The smallest absolute Gasteiger partial charge is 0.387 e. The fraction of sp³-hybridized carbons (Fsp3) is 0.500. The van der Waals surface area contributed by atoms with E-state index in [0.29, 0.717) is 0 Å². The van der Waals surface area contributed by atoms with Crippen LogP contribution in [0.3, 0.4) is 0 Å². The van der Waals surface area contributed by atoms with Crippen molar-refractivity contribution in [2.75, 3.05) is 6.54 Å². The van der Waals surface area contributed by atoms with Gasteiger partial charge in [0.15, 0.2) is 0 Å². The van der Waals surface area contributed by atoms with Crippen LogP contribution in [0, 0.1) is 5.92 Å². The van der Waals surface area contributed by atoms with Gasteiger partial charge in [0.25, 0.3) is 5.91 Å². The lowest BCUT2D eigenvalue weighted by Crippen LogP contribution is -2.55. The molecule has 0 spiro atoms. The summed E-state index contributed by atoms with van der Waals surface area (Å²) in [5.74, 6) is -0.282. The first-order valence-corrected chi connectivity index (χ1v) is 6.36. The second kappa shape index (κ2) is 8.14. The number of carbonyl (C=O) groups is 1. The average Bonchev–Trinajstić information content (AvgIpc) is 2.37. The molecule has 0 aliphatic rings. The second-order valence-electron chi connectivity index (χ2n) is 5.14. The molecular formula is C14H21ClF2N2O2. The Morgan fingerprint density at radius 3 is 2.52 bits per heavy atom. The largest absolute Gasteiger partial charge is 0.435 e. The molecule has 21 heavy (non-hydrogen) atoms. The molecule has 0 radical (unpaired) electrons. The molecule has 1 aromatic rings. The normalized spacial score (nSPS) is 13.5. The number of nitrogens with two attached hydrogens (primary N) is 1. The zero-order chi connectivity index (χ0) is 15.3. The van der Waals surface area contributed by atoms with E-state index in [2.05, 4.69) is 10.1 Å². The minimum absolute atomic E-state index is 0. The molecule has 0 aliphatic heterocycles. The van der Waals surface area contributed by atoms with Gasteiger partial charge in [-0.25, -0.2) is 0 Å². The minimum atomic E-state index is -2.92. The Hall–Kier alpha value is -1.40. The summed E-state index contributed by atoms with van der Waals surface area (Å²) < 4.78 is 28.6. The van der Waals surface area contributed by atoms with Crippen molar-refractivity contribution in [3.05, 3.63) is 29.8 Å². The number of hydrogen-bond acceptors (Lipinski definition) is 3. The van der Waals surface area contributed by atoms with Gasteiger partial charge in [0, 0.05) is 12.1 Å². The summed E-state index contributed by atoms with van der Waals surface area (Å²) in [6, 6.07) is 5.67. The summed E-state index contributed by atoms with van der Waals surface area (Å²) in [5, 5.41) is 2.83. The number of carbonyl (C=O) groups excluding carboxylic acids is 1. The third-order valence-electron chi connectivity index (χ3n) is 3.42. The summed E-state index contributed by atoms with van der Waals surface area (Å²) in [6.45, 7) is 3.10. The van der Waals surface area contributed by atoms with Crippen LogP contribution in [-0.4, -0.2) is 24.6 Å². The van der Waals surface area contributed by atoms with Gasteiger partial charge in [0.05, 0.1) is 5.54 Å². The lowest BCUT2D eigenvalue weighted by Gasteiger charge is -2.33. The molecule has 4 nitrogen and oxygen atoms in total. The maximum atomic E-state index is 12.2. The van der Waals surface area contributed by atoms with E-state index in [0.717, 1.165) is 0 Å². The van der Waals surface area contributed by atoms with E-state index >= 15 is 0 Å². The molecule has 0 bridgehead atoms. The summed E-state index contributed by atoms with van der Waals surface area (Å²) in [5.41, 5.74) is 5.39. The number of nitrogens with one attached hydrogen (secondary N) is 1. The van der Waals surface area contributed by atoms with E-state index in [9.17, 15) is 13.6 Å². The van der Waals surface area contributed by atoms with Crippen LogP contribution in [0.5, 0.6) is 5.75 Å². The van der Waals surface area contributed by atoms with E-state index in [1.54, 1.807) is 0 Å². The number of rotatable bonds is 6. The van der Waals surface area contributed by atoms with Gasteiger partial charge in [-0.2, -0.15) is 8.78 Å². The maximum Gasteiger partial charge on any atom is 0.387 e. The number of hydrogen-bond donors (Lipinski definition) is 2. The van der Waals surface area contributed by atoms with E-state index < -0.39 is 12.2 Å². The van der Waals surface area contributed by atoms with Crippen molar-refractivity contribution in [3.63, 3.8) is 0 Å². The van der Waals surface area contributed by atoms with Crippen LogP contribution in [0.25, 0.3) is 0 Å². The molecule has 1 unspecified atom stereocenters. The van der Waals surface area contributed by atoms with Crippen molar-refractivity contribution < 1.29 is 18.3 Å². The van der Waals surface area contributed by atoms with Crippen LogP contribution in [0.4, 0.5) is 8.78 Å². The number of halogens is 3. The number of benzene rings is 1.